The lowest BCUT2D eigenvalue weighted by Gasteiger charge is -2.30. The lowest BCUT2D eigenvalue weighted by molar-refractivity contribution is 0.794. The van der Waals surface area contributed by atoms with E-state index in [0.717, 1.165) is 4.88 Å². The molecule has 2 aliphatic rings. The summed E-state index contributed by atoms with van der Waals surface area (Å²) in [5, 5.41) is 15.1. The minimum absolute atomic E-state index is 0.507. The van der Waals surface area contributed by atoms with Gasteiger partial charge in [0.2, 0.25) is 0 Å². The van der Waals surface area contributed by atoms with Crippen molar-refractivity contribution in [3.8, 4) is 61.0 Å². The first-order valence-electron chi connectivity index (χ1n) is 19.0. The maximum Gasteiger partial charge on any atom is 0.110 e. The van der Waals surface area contributed by atoms with Crippen molar-refractivity contribution in [3.63, 3.8) is 0 Å². The maximum absolute atomic E-state index is 10.2. The van der Waals surface area contributed by atoms with Crippen molar-refractivity contribution in [1.82, 2.24) is 0 Å². The van der Waals surface area contributed by atoms with E-state index in [2.05, 4.69) is 185 Å². The van der Waals surface area contributed by atoms with E-state index in [1.165, 1.54) is 115 Å². The molecule has 0 amide bonds. The standard InChI is InChI=1S/C53H35NS/c1-31-19-24-42-47(28-31)53(45-17-9-8-15-43(45)52-48(53)29-37(30-54)55-52)46-18-10-16-44(51(42)46)50-40-13-6-4-11-38(40)49(39-12-5-7-14-41(39)50)35-22-20-34(21-23-35)36-26-32(2)25-33(3)27-36/h4-29H,1-3H3. The molecule has 9 aromatic rings. The molecule has 0 aliphatic heterocycles. The molecule has 2 heteroatoms. The van der Waals surface area contributed by atoms with Crippen molar-refractivity contribution >= 4 is 32.9 Å². The molecular weight excluding hydrogens is 683 g/mol. The zero-order chi connectivity index (χ0) is 37.0. The molecule has 11 rings (SSSR count). The summed E-state index contributed by atoms with van der Waals surface area (Å²) in [6.45, 7) is 6.54. The van der Waals surface area contributed by atoms with Crippen LogP contribution in [-0.4, -0.2) is 0 Å². The Morgan fingerprint density at radius 2 is 1.02 bits per heavy atom. The van der Waals surface area contributed by atoms with Gasteiger partial charge in [-0.3, -0.25) is 0 Å². The van der Waals surface area contributed by atoms with E-state index < -0.39 is 5.41 Å². The van der Waals surface area contributed by atoms with E-state index in [4.69, 9.17) is 0 Å². The fourth-order valence-electron chi connectivity index (χ4n) is 10.1. The lowest BCUT2D eigenvalue weighted by Crippen LogP contribution is -2.25. The summed E-state index contributed by atoms with van der Waals surface area (Å²) >= 11 is 1.62. The third-order valence-electron chi connectivity index (χ3n) is 12.1. The van der Waals surface area contributed by atoms with E-state index >= 15 is 0 Å². The molecule has 0 fully saturated rings. The first kappa shape index (κ1) is 31.9. The van der Waals surface area contributed by atoms with Gasteiger partial charge in [0.25, 0.3) is 0 Å². The number of aryl methyl sites for hydroxylation is 3. The van der Waals surface area contributed by atoms with Crippen LogP contribution < -0.4 is 0 Å². The van der Waals surface area contributed by atoms with Gasteiger partial charge in [0, 0.05) is 4.88 Å². The molecule has 55 heavy (non-hydrogen) atoms. The number of benzene rings is 8. The Morgan fingerprint density at radius 1 is 0.418 bits per heavy atom. The molecule has 0 radical (unpaired) electrons. The highest BCUT2D eigenvalue weighted by Crippen LogP contribution is 2.66. The molecule has 2 aliphatic carbocycles. The largest absolute Gasteiger partial charge is 0.192 e. The second kappa shape index (κ2) is 11.7. The number of nitrogens with zero attached hydrogens (tertiary/aromatic N) is 1. The third-order valence-corrected chi connectivity index (χ3v) is 13.1. The van der Waals surface area contributed by atoms with Gasteiger partial charge in [-0.05, 0) is 121 Å². The molecule has 258 valence electrons. The van der Waals surface area contributed by atoms with Gasteiger partial charge in [-0.2, -0.15) is 5.26 Å². The van der Waals surface area contributed by atoms with Gasteiger partial charge in [-0.15, -0.1) is 11.3 Å². The van der Waals surface area contributed by atoms with E-state index in [-0.39, 0.29) is 0 Å². The zero-order valence-electron chi connectivity index (χ0n) is 30.9. The van der Waals surface area contributed by atoms with Crippen molar-refractivity contribution in [2.24, 2.45) is 0 Å². The Hall–Kier alpha value is -6.53. The molecule has 1 unspecified atom stereocenters. The normalized spacial score (nSPS) is 14.9. The van der Waals surface area contributed by atoms with Crippen molar-refractivity contribution in [2.75, 3.05) is 0 Å². The highest BCUT2D eigenvalue weighted by atomic mass is 32.1. The fourth-order valence-corrected chi connectivity index (χ4v) is 11.1. The maximum atomic E-state index is 10.2. The van der Waals surface area contributed by atoms with Crippen molar-refractivity contribution in [3.05, 3.63) is 202 Å². The number of rotatable bonds is 3. The molecule has 0 N–H and O–H groups in total. The number of hydrogen-bond donors (Lipinski definition) is 0. The predicted molar refractivity (Wildman–Crippen MR) is 231 cm³/mol. The first-order chi connectivity index (χ1) is 26.9. The monoisotopic (exact) mass is 717 g/mol. The summed E-state index contributed by atoms with van der Waals surface area (Å²) in [6.07, 6.45) is 0. The second-order valence-electron chi connectivity index (χ2n) is 15.3. The van der Waals surface area contributed by atoms with Gasteiger partial charge in [0.05, 0.1) is 5.41 Å². The molecule has 1 heterocycles. The smallest absolute Gasteiger partial charge is 0.110 e. The number of thiophene rings is 1. The molecule has 1 nitrogen and oxygen atoms in total. The van der Waals surface area contributed by atoms with Crippen LogP contribution in [0.25, 0.3) is 76.5 Å². The van der Waals surface area contributed by atoms with Crippen molar-refractivity contribution in [2.45, 2.75) is 26.2 Å². The van der Waals surface area contributed by atoms with Gasteiger partial charge < -0.3 is 0 Å². The van der Waals surface area contributed by atoms with Crippen LogP contribution in [0.4, 0.5) is 0 Å². The summed E-state index contributed by atoms with van der Waals surface area (Å²) in [5.74, 6) is 0. The van der Waals surface area contributed by atoms with Crippen LogP contribution in [0.2, 0.25) is 0 Å². The number of nitriles is 1. The summed E-state index contributed by atoms with van der Waals surface area (Å²) in [6, 6.07) is 61.3. The molecule has 1 aromatic heterocycles. The number of hydrogen-bond acceptors (Lipinski definition) is 2. The molecule has 1 spiro atoms. The van der Waals surface area contributed by atoms with E-state index in [1.54, 1.807) is 11.3 Å². The van der Waals surface area contributed by atoms with Crippen LogP contribution in [0.3, 0.4) is 0 Å². The predicted octanol–water partition coefficient (Wildman–Crippen LogP) is 14.2. The highest BCUT2D eigenvalue weighted by molar-refractivity contribution is 7.16. The van der Waals surface area contributed by atoms with E-state index in [0.29, 0.717) is 0 Å². The van der Waals surface area contributed by atoms with Crippen LogP contribution in [0.1, 0.15) is 43.8 Å². The molecular formula is C53H35NS. The van der Waals surface area contributed by atoms with Gasteiger partial charge in [-0.1, -0.05) is 168 Å². The highest BCUT2D eigenvalue weighted by Gasteiger charge is 2.53. The van der Waals surface area contributed by atoms with Gasteiger partial charge in [-0.25, -0.2) is 0 Å². The van der Waals surface area contributed by atoms with Crippen molar-refractivity contribution < 1.29 is 0 Å². The molecule has 0 saturated heterocycles. The van der Waals surface area contributed by atoms with Crippen LogP contribution in [0.15, 0.2) is 158 Å². The molecule has 0 bridgehead atoms. The molecule has 1 atom stereocenters. The summed E-state index contributed by atoms with van der Waals surface area (Å²) in [7, 11) is 0. The Kier molecular flexibility index (Phi) is 6.82. The van der Waals surface area contributed by atoms with E-state index in [1.807, 2.05) is 0 Å². The Labute approximate surface area is 325 Å². The van der Waals surface area contributed by atoms with E-state index in [9.17, 15) is 5.26 Å². The minimum Gasteiger partial charge on any atom is -0.192 e. The average Bonchev–Trinajstić information content (AvgIpc) is 3.85. The van der Waals surface area contributed by atoms with Crippen LogP contribution in [0, 0.1) is 32.1 Å². The quantitative estimate of drug-likeness (QED) is 0.167. The SMILES string of the molecule is Cc1cc(C)cc(-c2ccc(-c3c4ccccc4c(-c4cccc5c4-c4ccc(C)cc4C54c5ccccc5-c5sc(C#N)cc54)c4ccccc34)cc2)c1. The Morgan fingerprint density at radius 3 is 1.71 bits per heavy atom. The van der Waals surface area contributed by atoms with Crippen LogP contribution >= 0.6 is 11.3 Å². The lowest BCUT2D eigenvalue weighted by atomic mass is 9.70. The average molecular weight is 718 g/mol. The molecule has 0 saturated carbocycles. The fraction of sp³-hybridized carbons (Fsp3) is 0.0755. The summed E-state index contributed by atoms with van der Waals surface area (Å²) < 4.78 is 0. The Bertz CT molecular complexity index is 3060. The van der Waals surface area contributed by atoms with Crippen LogP contribution in [0.5, 0.6) is 0 Å². The molecule has 8 aromatic carbocycles. The first-order valence-corrected chi connectivity index (χ1v) is 19.8. The van der Waals surface area contributed by atoms with Gasteiger partial charge >= 0.3 is 0 Å². The summed E-state index contributed by atoms with van der Waals surface area (Å²) in [4.78, 5) is 1.97. The van der Waals surface area contributed by atoms with Gasteiger partial charge in [0.1, 0.15) is 10.9 Å². The topological polar surface area (TPSA) is 23.8 Å². The van der Waals surface area contributed by atoms with Crippen LogP contribution in [-0.2, 0) is 5.41 Å². The third kappa shape index (κ3) is 4.39. The zero-order valence-corrected chi connectivity index (χ0v) is 31.7. The minimum atomic E-state index is -0.507. The van der Waals surface area contributed by atoms with Crippen molar-refractivity contribution in [1.29, 1.82) is 5.26 Å². The Balaban J connectivity index is 1.20. The summed E-state index contributed by atoms with van der Waals surface area (Å²) in [5.41, 5.74) is 19.7. The van der Waals surface area contributed by atoms with Gasteiger partial charge in [0.15, 0.2) is 0 Å². The second-order valence-corrected chi connectivity index (χ2v) is 16.4. The number of fused-ring (bicyclic) bond motifs is 12.